The van der Waals surface area contributed by atoms with Crippen LogP contribution in [0, 0.1) is 5.92 Å². The van der Waals surface area contributed by atoms with E-state index in [9.17, 15) is 4.79 Å². The third-order valence-electron chi connectivity index (χ3n) is 4.37. The molecule has 0 aromatic heterocycles. The highest BCUT2D eigenvalue weighted by Crippen LogP contribution is 2.11. The number of amides is 1. The lowest BCUT2D eigenvalue weighted by Gasteiger charge is -2.24. The largest absolute Gasteiger partial charge is 0.342 e. The molecule has 22 heavy (non-hydrogen) atoms. The molecular formula is C20H41NO. The van der Waals surface area contributed by atoms with E-state index in [4.69, 9.17) is 0 Å². The van der Waals surface area contributed by atoms with Crippen molar-refractivity contribution in [2.24, 2.45) is 5.92 Å². The zero-order valence-electron chi connectivity index (χ0n) is 15.8. The second-order valence-corrected chi connectivity index (χ2v) is 7.02. The van der Waals surface area contributed by atoms with Crippen LogP contribution in [-0.2, 0) is 4.79 Å². The summed E-state index contributed by atoms with van der Waals surface area (Å²) in [6, 6.07) is 0. The molecule has 0 fully saturated rings. The predicted octanol–water partition coefficient (Wildman–Crippen LogP) is 6.19. The quantitative estimate of drug-likeness (QED) is 0.330. The van der Waals surface area contributed by atoms with Crippen LogP contribution in [-0.4, -0.2) is 23.9 Å². The molecule has 0 aromatic carbocycles. The van der Waals surface area contributed by atoms with E-state index in [0.717, 1.165) is 13.1 Å². The Bertz CT molecular complexity index is 234. The second-order valence-electron chi connectivity index (χ2n) is 7.02. The second kappa shape index (κ2) is 15.4. The van der Waals surface area contributed by atoms with E-state index in [1.165, 1.54) is 77.0 Å². The monoisotopic (exact) mass is 311 g/mol. The Morgan fingerprint density at radius 1 is 0.682 bits per heavy atom. The third kappa shape index (κ3) is 12.1. The van der Waals surface area contributed by atoms with Crippen LogP contribution in [0.5, 0.6) is 0 Å². The Morgan fingerprint density at radius 2 is 1.05 bits per heavy atom. The number of rotatable bonds is 15. The van der Waals surface area contributed by atoms with Gasteiger partial charge in [0.15, 0.2) is 0 Å². The first-order valence-electron chi connectivity index (χ1n) is 9.92. The van der Waals surface area contributed by atoms with Gasteiger partial charge in [-0.3, -0.25) is 4.79 Å². The highest BCUT2D eigenvalue weighted by atomic mass is 16.2. The normalized spacial score (nSPS) is 11.1. The first kappa shape index (κ1) is 21.5. The van der Waals surface area contributed by atoms with Crippen LogP contribution < -0.4 is 0 Å². The van der Waals surface area contributed by atoms with Crippen molar-refractivity contribution in [3.8, 4) is 0 Å². The maximum Gasteiger partial charge on any atom is 0.225 e. The van der Waals surface area contributed by atoms with Gasteiger partial charge in [-0.2, -0.15) is 0 Å². The minimum absolute atomic E-state index is 0.139. The Kier molecular flexibility index (Phi) is 15.0. The number of hydrogen-bond acceptors (Lipinski definition) is 1. The van der Waals surface area contributed by atoms with Crippen LogP contribution in [0.4, 0.5) is 0 Å². The standard InChI is InChI=1S/C20H41NO/c1-5-7-9-11-13-15-17-21(20(22)19(3)4)18-16-14-12-10-8-6-2/h19H,5-18H2,1-4H3. The average molecular weight is 312 g/mol. The molecule has 0 atom stereocenters. The smallest absolute Gasteiger partial charge is 0.225 e. The van der Waals surface area contributed by atoms with Crippen LogP contribution in [0.2, 0.25) is 0 Å². The van der Waals surface area contributed by atoms with E-state index < -0.39 is 0 Å². The van der Waals surface area contributed by atoms with E-state index in [-0.39, 0.29) is 5.92 Å². The molecule has 0 aromatic rings. The van der Waals surface area contributed by atoms with E-state index in [1.54, 1.807) is 0 Å². The average Bonchev–Trinajstić information content (AvgIpc) is 2.51. The van der Waals surface area contributed by atoms with Gasteiger partial charge in [0.05, 0.1) is 0 Å². The zero-order chi connectivity index (χ0) is 16.6. The summed E-state index contributed by atoms with van der Waals surface area (Å²) in [7, 11) is 0. The fourth-order valence-electron chi connectivity index (χ4n) is 2.86. The molecule has 0 rings (SSSR count). The highest BCUT2D eigenvalue weighted by molar-refractivity contribution is 5.78. The maximum absolute atomic E-state index is 12.3. The van der Waals surface area contributed by atoms with Crippen molar-refractivity contribution in [3.05, 3.63) is 0 Å². The summed E-state index contributed by atoms with van der Waals surface area (Å²) in [5.41, 5.74) is 0. The van der Waals surface area contributed by atoms with E-state index in [2.05, 4.69) is 18.7 Å². The summed E-state index contributed by atoms with van der Waals surface area (Å²) in [5, 5.41) is 0. The summed E-state index contributed by atoms with van der Waals surface area (Å²) in [6.45, 7) is 10.5. The molecule has 0 bridgehead atoms. The molecule has 0 saturated heterocycles. The van der Waals surface area contributed by atoms with Gasteiger partial charge in [-0.05, 0) is 12.8 Å². The van der Waals surface area contributed by atoms with Crippen molar-refractivity contribution in [3.63, 3.8) is 0 Å². The van der Waals surface area contributed by atoms with Crippen LogP contribution in [0.15, 0.2) is 0 Å². The van der Waals surface area contributed by atoms with Crippen molar-refractivity contribution in [1.29, 1.82) is 0 Å². The van der Waals surface area contributed by atoms with Gasteiger partial charge in [-0.25, -0.2) is 0 Å². The van der Waals surface area contributed by atoms with Gasteiger partial charge in [0.1, 0.15) is 0 Å². The molecule has 0 aliphatic heterocycles. The van der Waals surface area contributed by atoms with Crippen LogP contribution in [0.3, 0.4) is 0 Å². The maximum atomic E-state index is 12.3. The Morgan fingerprint density at radius 3 is 1.41 bits per heavy atom. The summed E-state index contributed by atoms with van der Waals surface area (Å²) in [4.78, 5) is 14.4. The first-order chi connectivity index (χ1) is 10.6. The number of carbonyl (C=O) groups excluding carboxylic acids is 1. The molecule has 132 valence electrons. The summed E-state index contributed by atoms with van der Waals surface area (Å²) in [5.74, 6) is 0.488. The zero-order valence-corrected chi connectivity index (χ0v) is 15.8. The Labute approximate surface area is 140 Å². The van der Waals surface area contributed by atoms with E-state index in [1.807, 2.05) is 13.8 Å². The topological polar surface area (TPSA) is 20.3 Å². The van der Waals surface area contributed by atoms with E-state index >= 15 is 0 Å². The van der Waals surface area contributed by atoms with Gasteiger partial charge < -0.3 is 4.90 Å². The first-order valence-corrected chi connectivity index (χ1v) is 9.92. The van der Waals surface area contributed by atoms with Gasteiger partial charge in [0, 0.05) is 19.0 Å². The van der Waals surface area contributed by atoms with Crippen molar-refractivity contribution in [2.45, 2.75) is 105 Å². The van der Waals surface area contributed by atoms with Crippen molar-refractivity contribution in [1.82, 2.24) is 4.90 Å². The van der Waals surface area contributed by atoms with Crippen LogP contribution >= 0.6 is 0 Å². The van der Waals surface area contributed by atoms with Crippen molar-refractivity contribution in [2.75, 3.05) is 13.1 Å². The molecule has 0 radical (unpaired) electrons. The van der Waals surface area contributed by atoms with Gasteiger partial charge in [-0.1, -0.05) is 91.9 Å². The summed E-state index contributed by atoms with van der Waals surface area (Å²) in [6.07, 6.45) is 15.6. The number of nitrogens with zero attached hydrogens (tertiary/aromatic N) is 1. The molecule has 2 nitrogen and oxygen atoms in total. The molecule has 1 amide bonds. The molecule has 0 heterocycles. The molecule has 2 heteroatoms. The third-order valence-corrected chi connectivity index (χ3v) is 4.37. The number of carbonyl (C=O) groups is 1. The lowest BCUT2D eigenvalue weighted by molar-refractivity contribution is -0.134. The van der Waals surface area contributed by atoms with Crippen molar-refractivity contribution >= 4 is 5.91 Å². The number of hydrogen-bond donors (Lipinski definition) is 0. The van der Waals surface area contributed by atoms with Gasteiger partial charge in [0.2, 0.25) is 5.91 Å². The summed E-state index contributed by atoms with van der Waals surface area (Å²) < 4.78 is 0. The fraction of sp³-hybridized carbons (Fsp3) is 0.950. The molecule has 0 aliphatic carbocycles. The SMILES string of the molecule is CCCCCCCCN(CCCCCCCC)C(=O)C(C)C. The Balaban J connectivity index is 3.88. The minimum atomic E-state index is 0.139. The lowest BCUT2D eigenvalue weighted by Crippen LogP contribution is -2.35. The van der Waals surface area contributed by atoms with Gasteiger partial charge in [0.25, 0.3) is 0 Å². The van der Waals surface area contributed by atoms with E-state index in [0.29, 0.717) is 5.91 Å². The molecule has 0 unspecified atom stereocenters. The Hall–Kier alpha value is -0.530. The molecular weight excluding hydrogens is 270 g/mol. The van der Waals surface area contributed by atoms with Gasteiger partial charge >= 0.3 is 0 Å². The highest BCUT2D eigenvalue weighted by Gasteiger charge is 2.15. The predicted molar refractivity (Wildman–Crippen MR) is 98.2 cm³/mol. The minimum Gasteiger partial charge on any atom is -0.342 e. The van der Waals surface area contributed by atoms with Crippen LogP contribution in [0.25, 0.3) is 0 Å². The molecule has 0 aliphatic rings. The van der Waals surface area contributed by atoms with Crippen molar-refractivity contribution < 1.29 is 4.79 Å². The molecule has 0 saturated carbocycles. The number of unbranched alkanes of at least 4 members (excludes halogenated alkanes) is 10. The van der Waals surface area contributed by atoms with Crippen LogP contribution in [0.1, 0.15) is 105 Å². The molecule has 0 N–H and O–H groups in total. The summed E-state index contributed by atoms with van der Waals surface area (Å²) >= 11 is 0. The van der Waals surface area contributed by atoms with Gasteiger partial charge in [-0.15, -0.1) is 0 Å². The lowest BCUT2D eigenvalue weighted by atomic mass is 10.1. The molecule has 0 spiro atoms. The fourth-order valence-corrected chi connectivity index (χ4v) is 2.86.